The summed E-state index contributed by atoms with van der Waals surface area (Å²) >= 11 is 0. The fourth-order valence-corrected chi connectivity index (χ4v) is 3.51. The second-order valence-corrected chi connectivity index (χ2v) is 7.43. The Hall–Kier alpha value is -3.93. The van der Waals surface area contributed by atoms with Crippen molar-refractivity contribution in [1.29, 1.82) is 0 Å². The van der Waals surface area contributed by atoms with Gasteiger partial charge in [-0.1, -0.05) is 12.1 Å². The van der Waals surface area contributed by atoms with Crippen LogP contribution in [-0.2, 0) is 0 Å². The van der Waals surface area contributed by atoms with Crippen molar-refractivity contribution in [2.75, 3.05) is 19.0 Å². The largest absolute Gasteiger partial charge is 0.497 e. The predicted molar refractivity (Wildman–Crippen MR) is 120 cm³/mol. The number of rotatable bonds is 7. The van der Waals surface area contributed by atoms with E-state index < -0.39 is 31.1 Å². The average molecular weight is 494 g/mol. The number of nitrogens with zero attached hydrogens (tertiary/aromatic N) is 2. The highest BCUT2D eigenvalue weighted by Gasteiger charge is 2.29. The molecule has 0 radical (unpaired) electrons. The molecule has 0 bridgehead atoms. The summed E-state index contributed by atoms with van der Waals surface area (Å²) in [6, 6.07) is 13.5. The second-order valence-electron chi connectivity index (χ2n) is 7.43. The molecule has 1 aliphatic heterocycles. The topological polar surface area (TPSA) is 76.9 Å². The number of fused-ring (bicyclic) bond motifs is 1. The van der Waals surface area contributed by atoms with Crippen molar-refractivity contribution in [2.45, 2.75) is 19.0 Å². The molecule has 0 fully saturated rings. The third kappa shape index (κ3) is 5.60. The normalized spacial score (nSPS) is 15.0. The van der Waals surface area contributed by atoms with E-state index in [1.54, 1.807) is 24.3 Å². The van der Waals surface area contributed by atoms with E-state index in [0.29, 0.717) is 17.0 Å². The van der Waals surface area contributed by atoms with E-state index in [2.05, 4.69) is 20.4 Å². The summed E-state index contributed by atoms with van der Waals surface area (Å²) in [5, 5.41) is 5.12. The van der Waals surface area contributed by atoms with Crippen LogP contribution in [0.1, 0.15) is 0 Å². The molecule has 4 rings (SSSR count). The predicted octanol–water partition coefficient (Wildman–Crippen LogP) is 4.72. The van der Waals surface area contributed by atoms with Crippen molar-refractivity contribution in [3.63, 3.8) is 0 Å². The first-order valence-electron chi connectivity index (χ1n) is 10.3. The summed E-state index contributed by atoms with van der Waals surface area (Å²) in [5.74, 6) is 0.601. The highest BCUT2D eigenvalue weighted by Crippen LogP contribution is 2.33. The molecule has 2 N–H and O–H groups in total. The van der Waals surface area contributed by atoms with Crippen LogP contribution in [0, 0.1) is 0 Å². The van der Waals surface area contributed by atoms with Gasteiger partial charge < -0.3 is 14.8 Å². The zero-order chi connectivity index (χ0) is 25.2. The van der Waals surface area contributed by atoms with Crippen LogP contribution >= 0.6 is 0 Å². The van der Waals surface area contributed by atoms with Crippen molar-refractivity contribution in [3.05, 3.63) is 65.0 Å². The number of pyridine rings is 1. The number of benzene rings is 2. The summed E-state index contributed by atoms with van der Waals surface area (Å²) in [5.41, 5.74) is 0.879. The lowest BCUT2D eigenvalue weighted by molar-refractivity contribution is -0.125. The lowest BCUT2D eigenvalue weighted by Gasteiger charge is -2.26. The van der Waals surface area contributed by atoms with Gasteiger partial charge in [0, 0.05) is 11.8 Å². The van der Waals surface area contributed by atoms with E-state index in [9.17, 15) is 26.7 Å². The van der Waals surface area contributed by atoms with E-state index in [1.807, 2.05) is 0 Å². The SMILES string of the molecule is COc1ccc(-c2cc3c(n(-c4ccc(OC(F)F)cc4)c2=O)NC(NCC(F)(F)F)C=N3)cc1. The Kier molecular flexibility index (Phi) is 6.74. The summed E-state index contributed by atoms with van der Waals surface area (Å²) < 4.78 is 73.8. The average Bonchev–Trinajstić information content (AvgIpc) is 2.82. The van der Waals surface area contributed by atoms with Gasteiger partial charge >= 0.3 is 12.8 Å². The summed E-state index contributed by atoms with van der Waals surface area (Å²) in [6.45, 7) is -4.30. The van der Waals surface area contributed by atoms with Crippen LogP contribution in [-0.4, -0.2) is 43.4 Å². The molecule has 7 nitrogen and oxygen atoms in total. The van der Waals surface area contributed by atoms with Gasteiger partial charge in [0.15, 0.2) is 0 Å². The minimum absolute atomic E-state index is 0.118. The van der Waals surface area contributed by atoms with Crippen LogP contribution in [0.3, 0.4) is 0 Å². The fourth-order valence-electron chi connectivity index (χ4n) is 3.51. The lowest BCUT2D eigenvalue weighted by atomic mass is 10.1. The third-order valence-electron chi connectivity index (χ3n) is 5.08. The van der Waals surface area contributed by atoms with E-state index >= 15 is 0 Å². The molecule has 1 aliphatic rings. The Morgan fingerprint density at radius 1 is 1.09 bits per heavy atom. The highest BCUT2D eigenvalue weighted by molar-refractivity contribution is 5.84. The van der Waals surface area contributed by atoms with Crippen LogP contribution in [0.5, 0.6) is 11.5 Å². The number of hydrogen-bond acceptors (Lipinski definition) is 6. The molecule has 2 heterocycles. The molecule has 1 unspecified atom stereocenters. The zero-order valence-corrected chi connectivity index (χ0v) is 18.1. The smallest absolute Gasteiger partial charge is 0.401 e. The van der Waals surface area contributed by atoms with Crippen molar-refractivity contribution in [1.82, 2.24) is 9.88 Å². The monoisotopic (exact) mass is 494 g/mol. The summed E-state index contributed by atoms with van der Waals surface area (Å²) in [6.07, 6.45) is -4.20. The maximum Gasteiger partial charge on any atom is 0.401 e. The minimum atomic E-state index is -4.45. The van der Waals surface area contributed by atoms with Gasteiger partial charge in [-0.15, -0.1) is 0 Å². The molecule has 1 aromatic heterocycles. The zero-order valence-electron chi connectivity index (χ0n) is 18.1. The Balaban J connectivity index is 1.80. The van der Waals surface area contributed by atoms with Crippen LogP contribution < -0.4 is 25.7 Å². The van der Waals surface area contributed by atoms with Gasteiger partial charge in [-0.05, 0) is 48.0 Å². The molecule has 3 aromatic rings. The van der Waals surface area contributed by atoms with Gasteiger partial charge in [0.05, 0.1) is 19.3 Å². The van der Waals surface area contributed by atoms with E-state index in [1.165, 1.54) is 48.2 Å². The Morgan fingerprint density at radius 3 is 2.34 bits per heavy atom. The minimum Gasteiger partial charge on any atom is -0.497 e. The molecule has 2 aromatic carbocycles. The number of aliphatic imine (C=N–C) groups is 1. The molecule has 12 heteroatoms. The molecule has 35 heavy (non-hydrogen) atoms. The number of alkyl halides is 5. The van der Waals surface area contributed by atoms with Gasteiger partial charge in [0.2, 0.25) is 0 Å². The van der Waals surface area contributed by atoms with Gasteiger partial charge in [-0.25, -0.2) is 0 Å². The standard InChI is InChI=1S/C23H19F5N4O3/c1-34-15-6-2-13(3-7-15)17-10-18-20(31-19(11-29-18)30-12-23(26,27)28)32(21(17)33)14-4-8-16(9-5-14)35-22(24)25/h2-11,19,22,30-31H,12H2,1H3. The molecule has 0 saturated heterocycles. The Morgan fingerprint density at radius 2 is 1.74 bits per heavy atom. The van der Waals surface area contributed by atoms with Crippen molar-refractivity contribution < 1.29 is 31.4 Å². The fraction of sp³-hybridized carbons (Fsp3) is 0.217. The van der Waals surface area contributed by atoms with E-state index in [-0.39, 0.29) is 22.8 Å². The van der Waals surface area contributed by atoms with Gasteiger partial charge in [-0.3, -0.25) is 19.7 Å². The lowest BCUT2D eigenvalue weighted by Crippen LogP contribution is -2.45. The molecule has 0 aliphatic carbocycles. The Labute approximate surface area is 195 Å². The quantitative estimate of drug-likeness (QED) is 0.465. The molecule has 0 saturated carbocycles. The molecule has 1 atom stereocenters. The first-order valence-corrected chi connectivity index (χ1v) is 10.3. The first-order chi connectivity index (χ1) is 16.6. The van der Waals surface area contributed by atoms with Crippen LogP contribution in [0.4, 0.5) is 33.5 Å². The van der Waals surface area contributed by atoms with E-state index in [4.69, 9.17) is 4.74 Å². The van der Waals surface area contributed by atoms with Crippen LogP contribution in [0.15, 0.2) is 64.4 Å². The van der Waals surface area contributed by atoms with Gasteiger partial charge in [0.25, 0.3) is 5.56 Å². The van der Waals surface area contributed by atoms with Crippen molar-refractivity contribution in [2.24, 2.45) is 4.99 Å². The number of ether oxygens (including phenoxy) is 2. The number of aromatic nitrogens is 1. The second kappa shape index (κ2) is 9.74. The Bertz CT molecular complexity index is 1270. The number of halogens is 5. The van der Waals surface area contributed by atoms with Crippen molar-refractivity contribution in [3.8, 4) is 28.3 Å². The summed E-state index contributed by atoms with van der Waals surface area (Å²) in [7, 11) is 1.51. The highest BCUT2D eigenvalue weighted by atomic mass is 19.4. The third-order valence-corrected chi connectivity index (χ3v) is 5.08. The van der Waals surface area contributed by atoms with Gasteiger partial charge in [0.1, 0.15) is 29.2 Å². The first kappa shape index (κ1) is 24.2. The van der Waals surface area contributed by atoms with Crippen molar-refractivity contribution >= 4 is 17.7 Å². The van der Waals surface area contributed by atoms with Crippen LogP contribution in [0.25, 0.3) is 16.8 Å². The maximum absolute atomic E-state index is 13.6. The van der Waals surface area contributed by atoms with Gasteiger partial charge in [-0.2, -0.15) is 22.0 Å². The molecular formula is C23H19F5N4O3. The molecular weight excluding hydrogens is 475 g/mol. The number of methoxy groups -OCH3 is 1. The molecule has 184 valence electrons. The van der Waals surface area contributed by atoms with Crippen LogP contribution in [0.2, 0.25) is 0 Å². The maximum atomic E-state index is 13.6. The summed E-state index contributed by atoms with van der Waals surface area (Å²) in [4.78, 5) is 17.8. The molecule has 0 amide bonds. The number of anilines is 1. The number of hydrogen-bond donors (Lipinski definition) is 2. The molecule has 0 spiro atoms. The van der Waals surface area contributed by atoms with E-state index in [0.717, 1.165) is 0 Å². The number of nitrogens with one attached hydrogen (secondary N) is 2.